The van der Waals surface area contributed by atoms with Gasteiger partial charge in [-0.15, -0.1) is 0 Å². The number of amides is 1. The van der Waals surface area contributed by atoms with E-state index in [1.54, 1.807) is 22.9 Å². The molecule has 4 aromatic rings. The molecular weight excluding hydrogens is 412 g/mol. The van der Waals surface area contributed by atoms with Crippen LogP contribution in [-0.4, -0.2) is 21.5 Å². The highest BCUT2D eigenvalue weighted by atomic mass is 16.2. The van der Waals surface area contributed by atoms with Gasteiger partial charge in [0, 0.05) is 23.2 Å². The second-order valence-electron chi connectivity index (χ2n) is 8.04. The third-order valence-electron chi connectivity index (χ3n) is 5.80. The number of nitrogens with one attached hydrogen (secondary N) is 1. The van der Waals surface area contributed by atoms with Gasteiger partial charge in [0.05, 0.1) is 17.5 Å². The second-order valence-corrected chi connectivity index (χ2v) is 8.04. The Kier molecular flexibility index (Phi) is 5.08. The van der Waals surface area contributed by atoms with E-state index in [1.807, 2.05) is 73.7 Å². The van der Waals surface area contributed by atoms with Crippen molar-refractivity contribution in [2.24, 2.45) is 5.92 Å². The van der Waals surface area contributed by atoms with Crippen LogP contribution in [0.5, 0.6) is 0 Å². The van der Waals surface area contributed by atoms with Gasteiger partial charge in [0.2, 0.25) is 11.7 Å². The molecule has 0 fully saturated rings. The Morgan fingerprint density at radius 3 is 2.55 bits per heavy atom. The minimum Gasteiger partial charge on any atom is -0.325 e. The lowest BCUT2D eigenvalue weighted by atomic mass is 9.98. The Labute approximate surface area is 191 Å². The summed E-state index contributed by atoms with van der Waals surface area (Å²) < 4.78 is 1.74. The maximum Gasteiger partial charge on any atom is 0.249 e. The number of ketones is 1. The molecule has 1 N–H and O–H groups in total. The highest BCUT2D eigenvalue weighted by Crippen LogP contribution is 2.40. The smallest absolute Gasteiger partial charge is 0.249 e. The van der Waals surface area contributed by atoms with Gasteiger partial charge in [0.1, 0.15) is 5.69 Å². The lowest BCUT2D eigenvalue weighted by molar-refractivity contribution is -0.117. The number of aryl methyl sites for hydroxylation is 1. The molecule has 0 radical (unpaired) electrons. The maximum atomic E-state index is 13.5. The van der Waals surface area contributed by atoms with Crippen molar-refractivity contribution in [1.29, 1.82) is 5.26 Å². The summed E-state index contributed by atoms with van der Waals surface area (Å²) in [5.41, 5.74) is 6.13. The Hall–Kier alpha value is -4.50. The molecule has 1 amide bonds. The summed E-state index contributed by atoms with van der Waals surface area (Å²) in [6.45, 7) is 1.90. The standard InChI is InChI=1S/C27H20N4O2/c1-17-8-7-10-19(14-17)29-27(33)23(16-28)26(32)24-22-15-18-9-5-6-13-21(18)25(22)31(30-24)20-11-3-2-4-12-20/h2-14,23H,15H2,1H3,(H,29,33). The monoisotopic (exact) mass is 432 g/mol. The fourth-order valence-electron chi connectivity index (χ4n) is 4.25. The molecule has 5 rings (SSSR count). The van der Waals surface area contributed by atoms with E-state index < -0.39 is 17.6 Å². The van der Waals surface area contributed by atoms with Crippen LogP contribution >= 0.6 is 0 Å². The number of hydrogen-bond donors (Lipinski definition) is 1. The van der Waals surface area contributed by atoms with E-state index >= 15 is 0 Å². The van der Waals surface area contributed by atoms with Gasteiger partial charge in [-0.05, 0) is 42.3 Å². The summed E-state index contributed by atoms with van der Waals surface area (Å²) in [7, 11) is 0. The number of fused-ring (bicyclic) bond motifs is 3. The van der Waals surface area contributed by atoms with Crippen LogP contribution in [0.15, 0.2) is 78.9 Å². The van der Waals surface area contributed by atoms with Crippen LogP contribution in [-0.2, 0) is 11.2 Å². The number of para-hydroxylation sites is 1. The molecule has 0 aliphatic heterocycles. The average Bonchev–Trinajstić information content (AvgIpc) is 3.37. The van der Waals surface area contributed by atoms with Crippen molar-refractivity contribution in [2.75, 3.05) is 5.32 Å². The SMILES string of the molecule is Cc1cccc(NC(=O)C(C#N)C(=O)c2nn(-c3ccccc3)c3c2Cc2ccccc2-3)c1. The predicted octanol–water partition coefficient (Wildman–Crippen LogP) is 4.71. The van der Waals surface area contributed by atoms with Gasteiger partial charge < -0.3 is 5.32 Å². The summed E-state index contributed by atoms with van der Waals surface area (Å²) in [5, 5.41) is 17.0. The number of carbonyl (C=O) groups excluding carboxylic acids is 2. The van der Waals surface area contributed by atoms with E-state index in [0.29, 0.717) is 12.1 Å². The third kappa shape index (κ3) is 3.60. The summed E-state index contributed by atoms with van der Waals surface area (Å²) in [5.74, 6) is -2.76. The van der Waals surface area contributed by atoms with Crippen LogP contribution in [0.25, 0.3) is 16.9 Å². The normalized spacial score (nSPS) is 12.4. The number of aromatic nitrogens is 2. The Morgan fingerprint density at radius 2 is 1.79 bits per heavy atom. The summed E-state index contributed by atoms with van der Waals surface area (Å²) in [6, 6.07) is 26.6. The van der Waals surface area contributed by atoms with E-state index in [0.717, 1.165) is 33.6 Å². The number of hydrogen-bond acceptors (Lipinski definition) is 4. The number of Topliss-reactive ketones (excluding diaryl/α,β-unsaturated/α-hetero) is 1. The van der Waals surface area contributed by atoms with Crippen LogP contribution in [0.4, 0.5) is 5.69 Å². The van der Waals surface area contributed by atoms with E-state index in [1.165, 1.54) is 0 Å². The van der Waals surface area contributed by atoms with Gasteiger partial charge in [-0.2, -0.15) is 10.4 Å². The molecule has 6 nitrogen and oxygen atoms in total. The van der Waals surface area contributed by atoms with Crippen molar-refractivity contribution < 1.29 is 9.59 Å². The first-order valence-corrected chi connectivity index (χ1v) is 10.6. The molecule has 3 aromatic carbocycles. The molecule has 1 aliphatic rings. The van der Waals surface area contributed by atoms with Crippen LogP contribution < -0.4 is 5.32 Å². The van der Waals surface area contributed by atoms with Gasteiger partial charge in [0.15, 0.2) is 5.92 Å². The van der Waals surface area contributed by atoms with Gasteiger partial charge in [0.25, 0.3) is 0 Å². The Balaban J connectivity index is 1.55. The van der Waals surface area contributed by atoms with Crippen molar-refractivity contribution in [3.8, 4) is 23.0 Å². The van der Waals surface area contributed by atoms with Crippen LogP contribution in [0.2, 0.25) is 0 Å². The first kappa shape index (κ1) is 20.4. The zero-order chi connectivity index (χ0) is 22.9. The molecule has 0 saturated heterocycles. The number of nitriles is 1. The van der Waals surface area contributed by atoms with E-state index in [-0.39, 0.29) is 5.69 Å². The van der Waals surface area contributed by atoms with E-state index in [9.17, 15) is 14.9 Å². The topological polar surface area (TPSA) is 87.8 Å². The largest absolute Gasteiger partial charge is 0.325 e. The molecule has 0 bridgehead atoms. The fourth-order valence-corrected chi connectivity index (χ4v) is 4.25. The number of anilines is 1. The number of carbonyl (C=O) groups is 2. The lowest BCUT2D eigenvalue weighted by Crippen LogP contribution is -2.29. The maximum absolute atomic E-state index is 13.5. The van der Waals surface area contributed by atoms with Crippen LogP contribution in [0.3, 0.4) is 0 Å². The first-order chi connectivity index (χ1) is 16.1. The van der Waals surface area contributed by atoms with Crippen molar-refractivity contribution in [3.63, 3.8) is 0 Å². The van der Waals surface area contributed by atoms with Crippen LogP contribution in [0.1, 0.15) is 27.2 Å². The number of rotatable bonds is 5. The zero-order valence-corrected chi connectivity index (χ0v) is 17.9. The predicted molar refractivity (Wildman–Crippen MR) is 125 cm³/mol. The van der Waals surface area contributed by atoms with Crippen molar-refractivity contribution in [3.05, 3.63) is 101 Å². The molecule has 1 aliphatic carbocycles. The number of benzene rings is 3. The minimum atomic E-state index is -1.50. The fraction of sp³-hybridized carbons (Fsp3) is 0.111. The lowest BCUT2D eigenvalue weighted by Gasteiger charge is -2.10. The Bertz CT molecular complexity index is 1430. The molecule has 0 saturated carbocycles. The summed E-state index contributed by atoms with van der Waals surface area (Å²) in [4.78, 5) is 26.3. The van der Waals surface area contributed by atoms with E-state index in [4.69, 9.17) is 0 Å². The first-order valence-electron chi connectivity index (χ1n) is 10.6. The van der Waals surface area contributed by atoms with Gasteiger partial charge in [-0.3, -0.25) is 9.59 Å². The molecular formula is C27H20N4O2. The number of nitrogens with zero attached hydrogens (tertiary/aromatic N) is 3. The second kappa shape index (κ2) is 8.21. The molecule has 160 valence electrons. The molecule has 1 unspecified atom stereocenters. The quantitative estimate of drug-likeness (QED) is 0.322. The van der Waals surface area contributed by atoms with Crippen molar-refractivity contribution >= 4 is 17.4 Å². The van der Waals surface area contributed by atoms with Gasteiger partial charge in [-0.25, -0.2) is 4.68 Å². The highest BCUT2D eigenvalue weighted by Gasteiger charge is 2.36. The summed E-state index contributed by atoms with van der Waals surface area (Å²) >= 11 is 0. The van der Waals surface area contributed by atoms with Crippen molar-refractivity contribution in [2.45, 2.75) is 13.3 Å². The zero-order valence-electron chi connectivity index (χ0n) is 17.9. The molecule has 1 atom stereocenters. The third-order valence-corrected chi connectivity index (χ3v) is 5.80. The molecule has 6 heteroatoms. The molecule has 1 aromatic heterocycles. The van der Waals surface area contributed by atoms with Crippen LogP contribution in [0, 0.1) is 24.2 Å². The molecule has 0 spiro atoms. The molecule has 1 heterocycles. The van der Waals surface area contributed by atoms with E-state index in [2.05, 4.69) is 10.4 Å². The Morgan fingerprint density at radius 1 is 1.03 bits per heavy atom. The molecule has 33 heavy (non-hydrogen) atoms. The van der Waals surface area contributed by atoms with Gasteiger partial charge in [-0.1, -0.05) is 54.6 Å². The highest BCUT2D eigenvalue weighted by molar-refractivity contribution is 6.16. The van der Waals surface area contributed by atoms with Gasteiger partial charge >= 0.3 is 0 Å². The summed E-state index contributed by atoms with van der Waals surface area (Å²) in [6.07, 6.45) is 0.525. The minimum absolute atomic E-state index is 0.163. The average molecular weight is 432 g/mol. The van der Waals surface area contributed by atoms with Crippen molar-refractivity contribution in [1.82, 2.24) is 9.78 Å².